The van der Waals surface area contributed by atoms with Gasteiger partial charge in [0, 0.05) is 11.3 Å². The van der Waals surface area contributed by atoms with E-state index in [1.54, 1.807) is 18.2 Å². The normalized spacial score (nSPS) is 10.6. The van der Waals surface area contributed by atoms with Gasteiger partial charge in [0.25, 0.3) is 0 Å². The fraction of sp³-hybridized carbons (Fsp3) is 0.424. The van der Waals surface area contributed by atoms with E-state index in [4.69, 9.17) is 17.6 Å². The molecule has 0 aromatic heterocycles. The molecular formula is C33H41NO2. The highest BCUT2D eigenvalue weighted by atomic mass is 16.5. The third-order valence-corrected chi connectivity index (χ3v) is 6.16. The Balaban J connectivity index is 1.69. The van der Waals surface area contributed by atoms with Crippen molar-refractivity contribution < 1.29 is 9.53 Å². The second-order valence-electron chi connectivity index (χ2n) is 9.11. The highest BCUT2D eigenvalue weighted by Crippen LogP contribution is 2.17. The molecule has 0 unspecified atom stereocenters. The Morgan fingerprint density at radius 1 is 0.806 bits per heavy atom. The summed E-state index contributed by atoms with van der Waals surface area (Å²) in [6.45, 7) is 3.87. The van der Waals surface area contributed by atoms with Crippen LogP contribution in [0.5, 0.6) is 5.75 Å². The van der Waals surface area contributed by atoms with Crippen LogP contribution in [0.2, 0.25) is 0 Å². The molecule has 0 radical (unpaired) electrons. The third kappa shape index (κ3) is 11.3. The highest BCUT2D eigenvalue weighted by molar-refractivity contribution is 6.07. The van der Waals surface area contributed by atoms with Gasteiger partial charge in [-0.05, 0) is 54.5 Å². The Bertz CT molecular complexity index is 974. The lowest BCUT2D eigenvalue weighted by atomic mass is 10.1. The molecular weight excluding hydrogens is 442 g/mol. The number of anilines is 1. The SMILES string of the molecule is C#CCN(CC#C)c1ccc(C(=O)/C=C/c2ccc(OCCCCCCCCCCCC)cc2)cc1. The summed E-state index contributed by atoms with van der Waals surface area (Å²) >= 11 is 0. The maximum Gasteiger partial charge on any atom is 0.185 e. The Morgan fingerprint density at radius 2 is 1.36 bits per heavy atom. The molecule has 0 saturated carbocycles. The average Bonchev–Trinajstić information content (AvgIpc) is 2.91. The maximum absolute atomic E-state index is 12.6. The van der Waals surface area contributed by atoms with Crippen molar-refractivity contribution in [2.75, 3.05) is 24.6 Å². The molecule has 0 amide bonds. The van der Waals surface area contributed by atoms with Gasteiger partial charge in [-0.3, -0.25) is 4.79 Å². The first-order valence-electron chi connectivity index (χ1n) is 13.3. The van der Waals surface area contributed by atoms with Crippen LogP contribution in [-0.4, -0.2) is 25.5 Å². The van der Waals surface area contributed by atoms with Gasteiger partial charge in [0.15, 0.2) is 5.78 Å². The first kappa shape index (κ1) is 28.8. The minimum atomic E-state index is -0.0525. The lowest BCUT2D eigenvalue weighted by molar-refractivity contribution is 0.104. The minimum absolute atomic E-state index is 0.0525. The van der Waals surface area contributed by atoms with Gasteiger partial charge in [-0.2, -0.15) is 0 Å². The van der Waals surface area contributed by atoms with Gasteiger partial charge in [-0.25, -0.2) is 0 Å². The number of carbonyl (C=O) groups is 1. The Kier molecular flexibility index (Phi) is 14.3. The molecule has 0 N–H and O–H groups in total. The lowest BCUT2D eigenvalue weighted by Crippen LogP contribution is -2.23. The predicted octanol–water partition coefficient (Wildman–Crippen LogP) is 7.96. The zero-order valence-electron chi connectivity index (χ0n) is 21.9. The van der Waals surface area contributed by atoms with Gasteiger partial charge in [0.1, 0.15) is 5.75 Å². The van der Waals surface area contributed by atoms with Crippen LogP contribution in [0.25, 0.3) is 6.08 Å². The highest BCUT2D eigenvalue weighted by Gasteiger charge is 2.06. The molecule has 0 bridgehead atoms. The number of terminal acetylenes is 2. The molecule has 0 saturated heterocycles. The molecule has 3 heteroatoms. The largest absolute Gasteiger partial charge is 0.494 e. The summed E-state index contributed by atoms with van der Waals surface area (Å²) in [7, 11) is 0. The molecule has 36 heavy (non-hydrogen) atoms. The summed E-state index contributed by atoms with van der Waals surface area (Å²) in [5.41, 5.74) is 2.48. The smallest absolute Gasteiger partial charge is 0.185 e. The third-order valence-electron chi connectivity index (χ3n) is 6.16. The van der Waals surface area contributed by atoms with Crippen LogP contribution in [-0.2, 0) is 0 Å². The van der Waals surface area contributed by atoms with Crippen molar-refractivity contribution in [3.63, 3.8) is 0 Å². The quantitative estimate of drug-likeness (QED) is 0.0932. The van der Waals surface area contributed by atoms with Crippen molar-refractivity contribution in [3.8, 4) is 30.4 Å². The lowest BCUT2D eigenvalue weighted by Gasteiger charge is -2.19. The van der Waals surface area contributed by atoms with E-state index in [9.17, 15) is 4.79 Å². The van der Waals surface area contributed by atoms with E-state index in [0.717, 1.165) is 30.0 Å². The molecule has 0 spiro atoms. The Hall–Kier alpha value is -3.43. The average molecular weight is 484 g/mol. The van der Waals surface area contributed by atoms with Crippen LogP contribution in [0.15, 0.2) is 54.6 Å². The summed E-state index contributed by atoms with van der Waals surface area (Å²) in [6, 6.07) is 15.2. The number of ketones is 1. The molecule has 3 nitrogen and oxygen atoms in total. The molecule has 0 aliphatic rings. The Labute approximate surface area is 218 Å². The number of hydrogen-bond acceptors (Lipinski definition) is 3. The summed E-state index contributed by atoms with van der Waals surface area (Å²) in [5.74, 6) is 6.02. The standard InChI is InChI=1S/C33H41NO2/c1-4-7-8-9-10-11-12-13-14-15-28-36-32-23-16-29(17-24-32)18-25-33(35)30-19-21-31(22-20-30)34(26-5-2)27-6-3/h2-3,16-25H,4,7-15,26-28H2,1H3/b25-18+. The number of allylic oxidation sites excluding steroid dienone is 1. The molecule has 0 atom stereocenters. The molecule has 2 aromatic rings. The molecule has 0 fully saturated rings. The van der Waals surface area contributed by atoms with Gasteiger partial charge in [0.2, 0.25) is 0 Å². The van der Waals surface area contributed by atoms with Crippen molar-refractivity contribution >= 4 is 17.5 Å². The zero-order chi connectivity index (χ0) is 25.8. The van der Waals surface area contributed by atoms with Gasteiger partial charge in [0.05, 0.1) is 19.7 Å². The number of carbonyl (C=O) groups excluding carboxylic acids is 1. The first-order valence-corrected chi connectivity index (χ1v) is 13.3. The molecule has 2 aromatic carbocycles. The van der Waals surface area contributed by atoms with E-state index in [0.29, 0.717) is 18.7 Å². The van der Waals surface area contributed by atoms with Crippen LogP contribution in [0.3, 0.4) is 0 Å². The minimum Gasteiger partial charge on any atom is -0.494 e. The fourth-order valence-corrected chi connectivity index (χ4v) is 4.02. The van der Waals surface area contributed by atoms with Crippen molar-refractivity contribution in [2.24, 2.45) is 0 Å². The molecule has 190 valence electrons. The number of rotatable bonds is 18. The van der Waals surface area contributed by atoms with Crippen LogP contribution >= 0.6 is 0 Å². The number of unbranched alkanes of at least 4 members (excludes halogenated alkanes) is 9. The van der Waals surface area contributed by atoms with Crippen LogP contribution in [0.1, 0.15) is 87.1 Å². The van der Waals surface area contributed by atoms with Crippen LogP contribution in [0, 0.1) is 24.7 Å². The number of benzene rings is 2. The fourth-order valence-electron chi connectivity index (χ4n) is 4.02. The molecule has 0 aliphatic heterocycles. The maximum atomic E-state index is 12.6. The summed E-state index contributed by atoms with van der Waals surface area (Å²) in [6.07, 6.45) is 27.4. The predicted molar refractivity (Wildman–Crippen MR) is 153 cm³/mol. The van der Waals surface area contributed by atoms with Gasteiger partial charge >= 0.3 is 0 Å². The van der Waals surface area contributed by atoms with E-state index in [1.807, 2.05) is 47.4 Å². The monoisotopic (exact) mass is 483 g/mol. The van der Waals surface area contributed by atoms with E-state index < -0.39 is 0 Å². The second-order valence-corrected chi connectivity index (χ2v) is 9.11. The summed E-state index contributed by atoms with van der Waals surface area (Å²) in [5, 5.41) is 0. The van der Waals surface area contributed by atoms with Crippen LogP contribution < -0.4 is 9.64 Å². The summed E-state index contributed by atoms with van der Waals surface area (Å²) in [4.78, 5) is 14.5. The van der Waals surface area contributed by atoms with Crippen molar-refractivity contribution in [1.29, 1.82) is 0 Å². The van der Waals surface area contributed by atoms with Crippen molar-refractivity contribution in [1.82, 2.24) is 0 Å². The second kappa shape index (κ2) is 17.9. The molecule has 0 heterocycles. The molecule has 0 aliphatic carbocycles. The number of nitrogens with zero attached hydrogens (tertiary/aromatic N) is 1. The zero-order valence-corrected chi connectivity index (χ0v) is 21.9. The van der Waals surface area contributed by atoms with Gasteiger partial charge in [-0.1, -0.05) is 94.8 Å². The number of hydrogen-bond donors (Lipinski definition) is 0. The summed E-state index contributed by atoms with van der Waals surface area (Å²) < 4.78 is 5.87. The van der Waals surface area contributed by atoms with E-state index >= 15 is 0 Å². The Morgan fingerprint density at radius 3 is 1.92 bits per heavy atom. The van der Waals surface area contributed by atoms with Crippen LogP contribution in [0.4, 0.5) is 5.69 Å². The first-order chi connectivity index (χ1) is 17.7. The van der Waals surface area contributed by atoms with Crippen molar-refractivity contribution in [3.05, 3.63) is 65.7 Å². The van der Waals surface area contributed by atoms with Gasteiger partial charge in [-0.15, -0.1) is 12.8 Å². The molecule has 2 rings (SSSR count). The van der Waals surface area contributed by atoms with Gasteiger partial charge < -0.3 is 9.64 Å². The van der Waals surface area contributed by atoms with E-state index in [-0.39, 0.29) is 5.78 Å². The number of ether oxygens (including phenoxy) is 1. The van der Waals surface area contributed by atoms with E-state index in [1.165, 1.54) is 57.8 Å². The topological polar surface area (TPSA) is 29.5 Å². The van der Waals surface area contributed by atoms with E-state index in [2.05, 4.69) is 18.8 Å². The van der Waals surface area contributed by atoms with Crippen molar-refractivity contribution in [2.45, 2.75) is 71.1 Å².